The van der Waals surface area contributed by atoms with Gasteiger partial charge in [-0.1, -0.05) is 18.2 Å². The van der Waals surface area contributed by atoms with E-state index in [1.165, 1.54) is 47.4 Å². The first-order chi connectivity index (χ1) is 18.3. The molecule has 0 atom stereocenters. The van der Waals surface area contributed by atoms with E-state index in [1.54, 1.807) is 23.1 Å². The molecule has 1 aliphatic rings. The molecule has 1 saturated heterocycles. The highest BCUT2D eigenvalue weighted by molar-refractivity contribution is 5.99. The summed E-state index contributed by atoms with van der Waals surface area (Å²) in [6.07, 6.45) is 1.50. The zero-order valence-corrected chi connectivity index (χ0v) is 20.8. The first-order valence-corrected chi connectivity index (χ1v) is 12.2. The van der Waals surface area contributed by atoms with E-state index >= 15 is 0 Å². The fourth-order valence-corrected chi connectivity index (χ4v) is 4.28. The Morgan fingerprint density at radius 1 is 0.868 bits per heavy atom. The first-order valence-electron chi connectivity index (χ1n) is 12.2. The van der Waals surface area contributed by atoms with Crippen molar-refractivity contribution in [1.82, 2.24) is 9.80 Å². The van der Waals surface area contributed by atoms with Gasteiger partial charge in [0.2, 0.25) is 5.91 Å². The zero-order chi connectivity index (χ0) is 27.1. The molecule has 0 saturated carbocycles. The number of nitrogens with one attached hydrogen (secondary N) is 1. The third-order valence-electron chi connectivity index (χ3n) is 6.20. The van der Waals surface area contributed by atoms with Gasteiger partial charge in [-0.2, -0.15) is 0 Å². The minimum atomic E-state index is -0.529. The van der Waals surface area contributed by atoms with E-state index in [0.29, 0.717) is 37.4 Å². The first kappa shape index (κ1) is 26.5. The van der Waals surface area contributed by atoms with Gasteiger partial charge in [-0.05, 0) is 60.7 Å². The standard InChI is InChI=1S/C29H28F2N4O3/c1-2-13-35(29(38)22-6-4-8-24(31)19-22)20-27(36)32-25-9-11-26(12-10-25)33-14-16-34(17-15-33)28(37)21-5-3-7-23(30)18-21/h2-12,18-19H,1,13-17,20H2,(H,32,36). The van der Waals surface area contributed by atoms with Crippen molar-refractivity contribution in [1.29, 1.82) is 0 Å². The summed E-state index contributed by atoms with van der Waals surface area (Å²) in [6, 6.07) is 18.3. The van der Waals surface area contributed by atoms with Crippen LogP contribution in [0.5, 0.6) is 0 Å². The number of nitrogens with zero attached hydrogens (tertiary/aromatic N) is 3. The summed E-state index contributed by atoms with van der Waals surface area (Å²) >= 11 is 0. The van der Waals surface area contributed by atoms with Crippen LogP contribution in [-0.4, -0.2) is 66.8 Å². The predicted octanol–water partition coefficient (Wildman–Crippen LogP) is 4.19. The Kier molecular flexibility index (Phi) is 8.47. The smallest absolute Gasteiger partial charge is 0.254 e. The van der Waals surface area contributed by atoms with E-state index in [0.717, 1.165) is 11.8 Å². The maximum Gasteiger partial charge on any atom is 0.254 e. The summed E-state index contributed by atoms with van der Waals surface area (Å²) in [4.78, 5) is 43.2. The number of hydrogen-bond acceptors (Lipinski definition) is 4. The van der Waals surface area contributed by atoms with Gasteiger partial charge in [-0.3, -0.25) is 14.4 Å². The second-order valence-electron chi connectivity index (χ2n) is 8.87. The largest absolute Gasteiger partial charge is 0.368 e. The molecule has 38 heavy (non-hydrogen) atoms. The van der Waals surface area contributed by atoms with Gasteiger partial charge in [-0.25, -0.2) is 8.78 Å². The summed E-state index contributed by atoms with van der Waals surface area (Å²) in [5.41, 5.74) is 2.00. The highest BCUT2D eigenvalue weighted by Crippen LogP contribution is 2.21. The van der Waals surface area contributed by atoms with Gasteiger partial charge >= 0.3 is 0 Å². The van der Waals surface area contributed by atoms with Gasteiger partial charge in [0.15, 0.2) is 0 Å². The van der Waals surface area contributed by atoms with Crippen LogP contribution in [0.3, 0.4) is 0 Å². The molecule has 1 aliphatic heterocycles. The Hall–Kier alpha value is -4.53. The predicted molar refractivity (Wildman–Crippen MR) is 142 cm³/mol. The lowest BCUT2D eigenvalue weighted by Gasteiger charge is -2.36. The van der Waals surface area contributed by atoms with Gasteiger partial charge in [0.25, 0.3) is 11.8 Å². The number of amides is 3. The van der Waals surface area contributed by atoms with Crippen LogP contribution < -0.4 is 10.2 Å². The highest BCUT2D eigenvalue weighted by atomic mass is 19.1. The topological polar surface area (TPSA) is 73.0 Å². The van der Waals surface area contributed by atoms with Gasteiger partial charge in [0, 0.05) is 55.2 Å². The number of rotatable bonds is 8. The van der Waals surface area contributed by atoms with E-state index in [4.69, 9.17) is 0 Å². The van der Waals surface area contributed by atoms with Crippen molar-refractivity contribution < 1.29 is 23.2 Å². The zero-order valence-electron chi connectivity index (χ0n) is 20.8. The molecule has 0 aliphatic carbocycles. The number of hydrogen-bond donors (Lipinski definition) is 1. The van der Waals surface area contributed by atoms with Crippen LogP contribution in [0.15, 0.2) is 85.5 Å². The fraction of sp³-hybridized carbons (Fsp3) is 0.207. The van der Waals surface area contributed by atoms with E-state index in [2.05, 4.69) is 16.8 Å². The minimum Gasteiger partial charge on any atom is -0.368 e. The van der Waals surface area contributed by atoms with Crippen molar-refractivity contribution in [2.24, 2.45) is 0 Å². The molecule has 1 fully saturated rings. The average Bonchev–Trinajstić information content (AvgIpc) is 2.92. The summed E-state index contributed by atoms with van der Waals surface area (Å²) in [5, 5.41) is 2.78. The van der Waals surface area contributed by atoms with Crippen LogP contribution in [0.1, 0.15) is 20.7 Å². The van der Waals surface area contributed by atoms with Crippen LogP contribution in [0.2, 0.25) is 0 Å². The quantitative estimate of drug-likeness (QED) is 0.454. The number of halogens is 2. The second-order valence-corrected chi connectivity index (χ2v) is 8.87. The number of piperazine rings is 1. The maximum absolute atomic E-state index is 13.5. The Labute approximate surface area is 220 Å². The van der Waals surface area contributed by atoms with Gasteiger partial charge in [0.05, 0.1) is 0 Å². The van der Waals surface area contributed by atoms with Crippen LogP contribution >= 0.6 is 0 Å². The molecule has 0 aromatic heterocycles. The third-order valence-corrected chi connectivity index (χ3v) is 6.20. The molecular formula is C29H28F2N4O3. The van der Waals surface area contributed by atoms with Crippen molar-refractivity contribution in [3.05, 3.63) is 108 Å². The maximum atomic E-state index is 13.5. The fourth-order valence-electron chi connectivity index (χ4n) is 4.28. The summed E-state index contributed by atoms with van der Waals surface area (Å²) in [5.74, 6) is -2.02. The molecule has 0 radical (unpaired) electrons. The van der Waals surface area contributed by atoms with Gasteiger partial charge < -0.3 is 20.0 Å². The van der Waals surface area contributed by atoms with Crippen molar-refractivity contribution in [2.45, 2.75) is 0 Å². The summed E-state index contributed by atoms with van der Waals surface area (Å²) in [6.45, 7) is 5.79. The number of anilines is 2. The summed E-state index contributed by atoms with van der Waals surface area (Å²) < 4.78 is 27.0. The van der Waals surface area contributed by atoms with Crippen molar-refractivity contribution >= 4 is 29.1 Å². The summed E-state index contributed by atoms with van der Waals surface area (Å²) in [7, 11) is 0. The monoisotopic (exact) mass is 518 g/mol. The molecule has 9 heteroatoms. The molecular weight excluding hydrogens is 490 g/mol. The lowest BCUT2D eigenvalue weighted by molar-refractivity contribution is -0.116. The SMILES string of the molecule is C=CCN(CC(=O)Nc1ccc(N2CCN(C(=O)c3cccc(F)c3)CC2)cc1)C(=O)c1cccc(F)c1. The van der Waals surface area contributed by atoms with Crippen LogP contribution in [0, 0.1) is 11.6 Å². The molecule has 3 amide bonds. The Balaban J connectivity index is 1.31. The Morgan fingerprint density at radius 3 is 2.08 bits per heavy atom. The molecule has 0 unspecified atom stereocenters. The molecule has 3 aromatic rings. The minimum absolute atomic E-state index is 0.134. The second kappa shape index (κ2) is 12.1. The van der Waals surface area contributed by atoms with E-state index in [1.807, 2.05) is 12.1 Å². The number of carbonyl (C=O) groups is 3. The molecule has 0 spiro atoms. The van der Waals surface area contributed by atoms with Gasteiger partial charge in [-0.15, -0.1) is 6.58 Å². The van der Waals surface area contributed by atoms with E-state index in [9.17, 15) is 23.2 Å². The molecule has 3 aromatic carbocycles. The van der Waals surface area contributed by atoms with Crippen LogP contribution in [0.4, 0.5) is 20.2 Å². The molecule has 7 nitrogen and oxygen atoms in total. The van der Waals surface area contributed by atoms with Crippen molar-refractivity contribution in [2.75, 3.05) is 49.5 Å². The lowest BCUT2D eigenvalue weighted by Crippen LogP contribution is -2.48. The Morgan fingerprint density at radius 2 is 1.47 bits per heavy atom. The average molecular weight is 519 g/mol. The molecule has 1 N–H and O–H groups in total. The van der Waals surface area contributed by atoms with Crippen molar-refractivity contribution in [3.63, 3.8) is 0 Å². The molecule has 0 bridgehead atoms. The number of benzene rings is 3. The van der Waals surface area contributed by atoms with Crippen LogP contribution in [0.25, 0.3) is 0 Å². The third kappa shape index (κ3) is 6.61. The van der Waals surface area contributed by atoms with E-state index in [-0.39, 0.29) is 24.6 Å². The molecule has 196 valence electrons. The van der Waals surface area contributed by atoms with Crippen molar-refractivity contribution in [3.8, 4) is 0 Å². The molecule has 4 rings (SSSR count). The van der Waals surface area contributed by atoms with Gasteiger partial charge in [0.1, 0.15) is 18.2 Å². The molecule has 1 heterocycles. The normalized spacial score (nSPS) is 13.1. The van der Waals surface area contributed by atoms with E-state index < -0.39 is 23.4 Å². The van der Waals surface area contributed by atoms with Crippen LogP contribution in [-0.2, 0) is 4.79 Å². The Bertz CT molecular complexity index is 1320. The lowest BCUT2D eigenvalue weighted by atomic mass is 10.1. The highest BCUT2D eigenvalue weighted by Gasteiger charge is 2.23. The number of carbonyl (C=O) groups excluding carboxylic acids is 3.